The monoisotopic (exact) mass is 402 g/mol. The van der Waals surface area contributed by atoms with Crippen LogP contribution in [-0.4, -0.2) is 43.3 Å². The molecular formula is C19H20F2N6O2. The Labute approximate surface area is 165 Å². The lowest BCUT2D eigenvalue weighted by atomic mass is 10.1. The van der Waals surface area contributed by atoms with E-state index in [4.69, 9.17) is 0 Å². The van der Waals surface area contributed by atoms with E-state index in [2.05, 4.69) is 25.6 Å². The second-order valence-electron chi connectivity index (χ2n) is 6.88. The zero-order valence-electron chi connectivity index (χ0n) is 15.4. The van der Waals surface area contributed by atoms with Crippen molar-refractivity contribution in [2.24, 2.45) is 0 Å². The molecule has 29 heavy (non-hydrogen) atoms. The summed E-state index contributed by atoms with van der Waals surface area (Å²) in [4.78, 5) is 23.6. The van der Waals surface area contributed by atoms with Crippen LogP contribution >= 0.6 is 0 Å². The molecule has 2 unspecified atom stereocenters. The van der Waals surface area contributed by atoms with Crippen LogP contribution in [0.4, 0.5) is 13.6 Å². The average molecular weight is 402 g/mol. The first kappa shape index (κ1) is 19.1. The Balaban J connectivity index is 1.41. The first-order valence-corrected chi connectivity index (χ1v) is 9.22. The molecule has 4 rings (SSSR count). The van der Waals surface area contributed by atoms with Gasteiger partial charge in [0.05, 0.1) is 12.3 Å². The highest BCUT2D eigenvalue weighted by Crippen LogP contribution is 2.25. The maximum atomic E-state index is 14.0. The molecule has 0 bridgehead atoms. The minimum Gasteiger partial charge on any atom is -0.394 e. The number of aromatic amines is 1. The lowest BCUT2D eigenvalue weighted by Crippen LogP contribution is -2.47. The molecule has 2 aromatic heterocycles. The zero-order valence-corrected chi connectivity index (χ0v) is 15.4. The van der Waals surface area contributed by atoms with Crippen molar-refractivity contribution in [1.82, 2.24) is 30.2 Å². The first-order valence-electron chi connectivity index (χ1n) is 9.22. The van der Waals surface area contributed by atoms with Crippen molar-refractivity contribution in [1.29, 1.82) is 0 Å². The highest BCUT2D eigenvalue weighted by atomic mass is 19.1. The number of nitrogens with zero attached hydrogens (tertiary/aromatic N) is 3. The third-order valence-electron chi connectivity index (χ3n) is 4.87. The predicted molar refractivity (Wildman–Crippen MR) is 99.8 cm³/mol. The Morgan fingerprint density at radius 1 is 1.41 bits per heavy atom. The van der Waals surface area contributed by atoms with Crippen LogP contribution in [-0.2, 0) is 13.0 Å². The summed E-state index contributed by atoms with van der Waals surface area (Å²) >= 11 is 0. The Bertz CT molecular complexity index is 1000. The number of aliphatic hydroxyl groups is 1. The fraction of sp³-hybridized carbons (Fsp3) is 0.316. The van der Waals surface area contributed by atoms with Crippen molar-refractivity contribution >= 4 is 6.03 Å². The lowest BCUT2D eigenvalue weighted by Gasteiger charge is -2.25. The molecule has 3 aromatic rings. The normalized spacial score (nSPS) is 16.9. The molecule has 0 aliphatic carbocycles. The molecule has 2 amide bonds. The van der Waals surface area contributed by atoms with Crippen molar-refractivity contribution in [3.05, 3.63) is 60.1 Å². The van der Waals surface area contributed by atoms with E-state index in [-0.39, 0.29) is 18.2 Å². The summed E-state index contributed by atoms with van der Waals surface area (Å²) in [6.45, 7) is 0.187. The number of hydrogen-bond acceptors (Lipinski definition) is 4. The summed E-state index contributed by atoms with van der Waals surface area (Å²) in [6.07, 6.45) is 6.13. The van der Waals surface area contributed by atoms with Gasteiger partial charge in [-0.15, -0.1) is 0 Å². The van der Waals surface area contributed by atoms with Crippen LogP contribution in [0.2, 0.25) is 0 Å². The van der Waals surface area contributed by atoms with Gasteiger partial charge in [-0.25, -0.2) is 23.5 Å². The fourth-order valence-electron chi connectivity index (χ4n) is 3.44. The van der Waals surface area contributed by atoms with Crippen molar-refractivity contribution in [3.63, 3.8) is 0 Å². The van der Waals surface area contributed by atoms with Gasteiger partial charge in [-0.1, -0.05) is 0 Å². The number of aryl methyl sites for hydroxylation is 1. The van der Waals surface area contributed by atoms with Gasteiger partial charge in [0, 0.05) is 49.2 Å². The third-order valence-corrected chi connectivity index (χ3v) is 4.87. The number of halogens is 2. The van der Waals surface area contributed by atoms with Gasteiger partial charge in [0.25, 0.3) is 0 Å². The summed E-state index contributed by atoms with van der Waals surface area (Å²) in [5.74, 6) is -0.0520. The van der Waals surface area contributed by atoms with Gasteiger partial charge in [-0.05, 0) is 18.6 Å². The van der Waals surface area contributed by atoms with E-state index in [1.165, 1.54) is 12.1 Å². The van der Waals surface area contributed by atoms with E-state index in [1.54, 1.807) is 18.6 Å². The zero-order chi connectivity index (χ0) is 20.4. The average Bonchev–Trinajstić information content (AvgIpc) is 3.35. The van der Waals surface area contributed by atoms with Gasteiger partial charge in [0.15, 0.2) is 0 Å². The van der Waals surface area contributed by atoms with Crippen LogP contribution in [0.3, 0.4) is 0 Å². The van der Waals surface area contributed by atoms with Crippen molar-refractivity contribution in [2.75, 3.05) is 6.61 Å². The Kier molecular flexibility index (Phi) is 5.26. The highest BCUT2D eigenvalue weighted by Gasteiger charge is 2.24. The van der Waals surface area contributed by atoms with Crippen LogP contribution in [0, 0.1) is 11.6 Å². The first-order chi connectivity index (χ1) is 14.0. The number of benzene rings is 1. The van der Waals surface area contributed by atoms with Crippen LogP contribution in [0.25, 0.3) is 11.3 Å². The van der Waals surface area contributed by atoms with E-state index >= 15 is 0 Å². The molecule has 0 saturated carbocycles. The number of hydrogen-bond donors (Lipinski definition) is 4. The van der Waals surface area contributed by atoms with Gasteiger partial charge in [-0.2, -0.15) is 0 Å². The molecular weight excluding hydrogens is 382 g/mol. The number of H-pyrrole nitrogens is 1. The summed E-state index contributed by atoms with van der Waals surface area (Å²) < 4.78 is 29.0. The minimum atomic E-state index is -0.664. The predicted octanol–water partition coefficient (Wildman–Crippen LogP) is 1.90. The summed E-state index contributed by atoms with van der Waals surface area (Å²) in [5, 5.41) is 15.0. The molecule has 0 saturated heterocycles. The number of nitrogens with one attached hydrogen (secondary N) is 3. The number of imidazole rings is 2. The van der Waals surface area contributed by atoms with Gasteiger partial charge in [0.2, 0.25) is 0 Å². The maximum Gasteiger partial charge on any atom is 0.315 e. The summed E-state index contributed by atoms with van der Waals surface area (Å²) in [7, 11) is 0. The Morgan fingerprint density at radius 2 is 2.28 bits per heavy atom. The molecule has 10 heteroatoms. The Morgan fingerprint density at radius 3 is 3.00 bits per heavy atom. The van der Waals surface area contributed by atoms with E-state index in [0.29, 0.717) is 30.9 Å². The van der Waals surface area contributed by atoms with Crippen LogP contribution in [0.5, 0.6) is 0 Å². The van der Waals surface area contributed by atoms with Crippen LogP contribution in [0.15, 0.2) is 36.8 Å². The third kappa shape index (κ3) is 4.11. The lowest BCUT2D eigenvalue weighted by molar-refractivity contribution is 0.209. The van der Waals surface area contributed by atoms with Gasteiger partial charge in [-0.3, -0.25) is 0 Å². The summed E-state index contributed by atoms with van der Waals surface area (Å²) in [6, 6.07) is 2.19. The number of carbonyl (C=O) groups excluding carboxylic acids is 1. The quantitative estimate of drug-likeness (QED) is 0.523. The largest absolute Gasteiger partial charge is 0.394 e. The second kappa shape index (κ2) is 8.00. The molecule has 0 radical (unpaired) electrons. The number of fused-ring (bicyclic) bond motifs is 1. The minimum absolute atomic E-state index is 0.154. The van der Waals surface area contributed by atoms with E-state index in [0.717, 1.165) is 11.9 Å². The number of rotatable bonds is 5. The number of carbonyl (C=O) groups is 1. The molecule has 152 valence electrons. The molecule has 8 nitrogen and oxygen atoms in total. The Hall–Kier alpha value is -3.27. The molecule has 0 spiro atoms. The second-order valence-corrected chi connectivity index (χ2v) is 6.88. The van der Waals surface area contributed by atoms with Crippen LogP contribution in [0.1, 0.15) is 24.1 Å². The number of urea groups is 1. The van der Waals surface area contributed by atoms with Gasteiger partial charge < -0.3 is 25.3 Å². The maximum absolute atomic E-state index is 14.0. The van der Waals surface area contributed by atoms with Crippen molar-refractivity contribution < 1.29 is 18.7 Å². The SMILES string of the molecule is O=C(NC1CCc2nc(-c3ccc(F)cc3F)cn2C1)NC(CO)c1ncc[nH]1. The smallest absolute Gasteiger partial charge is 0.315 e. The molecule has 1 aromatic carbocycles. The molecule has 1 aliphatic heterocycles. The van der Waals surface area contributed by atoms with E-state index < -0.39 is 23.7 Å². The molecule has 2 atom stereocenters. The highest BCUT2D eigenvalue weighted by molar-refractivity contribution is 5.74. The molecule has 0 fully saturated rings. The van der Waals surface area contributed by atoms with Gasteiger partial charge >= 0.3 is 6.03 Å². The fourth-order valence-corrected chi connectivity index (χ4v) is 3.44. The standard InChI is InChI=1S/C19H20F2N6O2/c20-11-1-3-13(14(21)7-11)15-9-27-8-12(2-4-17(27)25-15)24-19(29)26-16(10-28)18-22-5-6-23-18/h1,3,5-7,9,12,16,28H,2,4,8,10H2,(H,22,23)(H2,24,26,29). The van der Waals surface area contributed by atoms with Crippen molar-refractivity contribution in [2.45, 2.75) is 31.5 Å². The number of aliphatic hydroxyl groups excluding tert-OH is 1. The number of amides is 2. The van der Waals surface area contributed by atoms with E-state index in [1.807, 2.05) is 4.57 Å². The molecule has 4 N–H and O–H groups in total. The summed E-state index contributed by atoms with van der Waals surface area (Å²) in [5.41, 5.74) is 0.667. The molecule has 3 heterocycles. The topological polar surface area (TPSA) is 108 Å². The van der Waals surface area contributed by atoms with Gasteiger partial charge in [0.1, 0.15) is 29.3 Å². The van der Waals surface area contributed by atoms with E-state index in [9.17, 15) is 18.7 Å². The van der Waals surface area contributed by atoms with Crippen molar-refractivity contribution in [3.8, 4) is 11.3 Å². The van der Waals surface area contributed by atoms with Crippen LogP contribution < -0.4 is 10.6 Å². The number of aromatic nitrogens is 4. The molecule has 1 aliphatic rings.